The average molecular weight is 273 g/mol. The topological polar surface area (TPSA) is 45.5 Å². The van der Waals surface area contributed by atoms with Crippen LogP contribution in [0.1, 0.15) is 25.3 Å². The van der Waals surface area contributed by atoms with Gasteiger partial charge in [-0.2, -0.15) is 9.61 Å². The third-order valence-corrected chi connectivity index (χ3v) is 3.92. The van der Waals surface area contributed by atoms with Gasteiger partial charge in [-0.05, 0) is 56.5 Å². The Morgan fingerprint density at radius 1 is 1.30 bits per heavy atom. The van der Waals surface area contributed by atoms with Crippen molar-refractivity contribution in [3.05, 3.63) is 24.0 Å². The molecule has 20 heavy (non-hydrogen) atoms. The highest BCUT2D eigenvalue weighted by molar-refractivity contribution is 5.51. The summed E-state index contributed by atoms with van der Waals surface area (Å²) in [7, 11) is 0. The van der Waals surface area contributed by atoms with E-state index in [1.165, 1.54) is 38.0 Å². The molecular formula is C15H23N5. The van der Waals surface area contributed by atoms with Crippen molar-refractivity contribution in [2.45, 2.75) is 26.7 Å². The van der Waals surface area contributed by atoms with Crippen molar-refractivity contribution in [1.82, 2.24) is 19.5 Å². The Morgan fingerprint density at radius 3 is 2.90 bits per heavy atom. The van der Waals surface area contributed by atoms with Gasteiger partial charge in [0.1, 0.15) is 12.1 Å². The summed E-state index contributed by atoms with van der Waals surface area (Å²) in [6.07, 6.45) is 4.32. The zero-order chi connectivity index (χ0) is 13.9. The van der Waals surface area contributed by atoms with Crippen LogP contribution in [0.3, 0.4) is 0 Å². The standard InChI is InChI=1S/C15H23N5/c1-12-7-14(20-15(8-12)17-11-18-20)16-9-13(2)10-19-5-3-4-6-19/h7-8,11,13,16H,3-6,9-10H2,1-2H3. The van der Waals surface area contributed by atoms with Gasteiger partial charge in [0.2, 0.25) is 0 Å². The summed E-state index contributed by atoms with van der Waals surface area (Å²) < 4.78 is 1.87. The lowest BCUT2D eigenvalue weighted by atomic mass is 10.1. The maximum Gasteiger partial charge on any atom is 0.157 e. The van der Waals surface area contributed by atoms with E-state index < -0.39 is 0 Å². The first-order valence-electron chi connectivity index (χ1n) is 7.49. The van der Waals surface area contributed by atoms with Gasteiger partial charge in [0.05, 0.1) is 0 Å². The van der Waals surface area contributed by atoms with Crippen LogP contribution in [0.4, 0.5) is 5.82 Å². The number of aryl methyl sites for hydroxylation is 1. The average Bonchev–Trinajstić information content (AvgIpc) is 3.06. The highest BCUT2D eigenvalue weighted by Gasteiger charge is 2.14. The SMILES string of the molecule is Cc1cc(NCC(C)CN2CCCC2)n2ncnc2c1. The fraction of sp³-hybridized carbons (Fsp3) is 0.600. The minimum Gasteiger partial charge on any atom is -0.370 e. The van der Waals surface area contributed by atoms with E-state index in [-0.39, 0.29) is 0 Å². The fourth-order valence-electron chi connectivity index (χ4n) is 2.93. The number of anilines is 1. The molecule has 5 nitrogen and oxygen atoms in total. The number of nitrogens with one attached hydrogen (secondary N) is 1. The van der Waals surface area contributed by atoms with E-state index in [9.17, 15) is 0 Å². The molecule has 0 aliphatic carbocycles. The smallest absolute Gasteiger partial charge is 0.157 e. The van der Waals surface area contributed by atoms with Crippen LogP contribution in [0.25, 0.3) is 5.65 Å². The molecule has 0 amide bonds. The van der Waals surface area contributed by atoms with Gasteiger partial charge in [-0.15, -0.1) is 0 Å². The van der Waals surface area contributed by atoms with E-state index in [1.54, 1.807) is 6.33 Å². The van der Waals surface area contributed by atoms with Crippen LogP contribution in [0, 0.1) is 12.8 Å². The van der Waals surface area contributed by atoms with Gasteiger partial charge in [-0.25, -0.2) is 4.98 Å². The third kappa shape index (κ3) is 2.93. The fourth-order valence-corrected chi connectivity index (χ4v) is 2.93. The summed E-state index contributed by atoms with van der Waals surface area (Å²) in [5, 5.41) is 7.80. The molecule has 1 aliphatic heterocycles. The molecule has 2 aromatic heterocycles. The lowest BCUT2D eigenvalue weighted by Gasteiger charge is -2.21. The Kier molecular flexibility index (Phi) is 3.87. The Hall–Kier alpha value is -1.62. The zero-order valence-electron chi connectivity index (χ0n) is 12.3. The number of hydrogen-bond donors (Lipinski definition) is 1. The van der Waals surface area contributed by atoms with E-state index in [4.69, 9.17) is 0 Å². The van der Waals surface area contributed by atoms with E-state index >= 15 is 0 Å². The maximum absolute atomic E-state index is 4.27. The molecule has 1 fully saturated rings. The number of pyridine rings is 1. The summed E-state index contributed by atoms with van der Waals surface area (Å²) in [4.78, 5) is 6.82. The number of nitrogens with zero attached hydrogens (tertiary/aromatic N) is 4. The van der Waals surface area contributed by atoms with Crippen molar-refractivity contribution in [1.29, 1.82) is 0 Å². The molecule has 2 aromatic rings. The highest BCUT2D eigenvalue weighted by atomic mass is 15.3. The predicted octanol–water partition coefficient (Wildman–Crippen LogP) is 2.18. The van der Waals surface area contributed by atoms with Crippen LogP contribution >= 0.6 is 0 Å². The van der Waals surface area contributed by atoms with Gasteiger partial charge in [-0.3, -0.25) is 0 Å². The van der Waals surface area contributed by atoms with Crippen LogP contribution in [0.5, 0.6) is 0 Å². The van der Waals surface area contributed by atoms with Crippen molar-refractivity contribution in [3.63, 3.8) is 0 Å². The van der Waals surface area contributed by atoms with Gasteiger partial charge in [-0.1, -0.05) is 6.92 Å². The van der Waals surface area contributed by atoms with Crippen LogP contribution in [-0.4, -0.2) is 45.7 Å². The first-order chi connectivity index (χ1) is 9.72. The van der Waals surface area contributed by atoms with Gasteiger partial charge in [0.25, 0.3) is 0 Å². The third-order valence-electron chi connectivity index (χ3n) is 3.92. The second-order valence-electron chi connectivity index (χ2n) is 5.94. The van der Waals surface area contributed by atoms with Crippen LogP contribution in [0.2, 0.25) is 0 Å². The molecule has 1 atom stereocenters. The van der Waals surface area contributed by atoms with Crippen LogP contribution in [-0.2, 0) is 0 Å². The van der Waals surface area contributed by atoms with Crippen LogP contribution < -0.4 is 5.32 Å². The maximum atomic E-state index is 4.27. The summed E-state index contributed by atoms with van der Waals surface area (Å²) in [6.45, 7) is 9.08. The lowest BCUT2D eigenvalue weighted by molar-refractivity contribution is 0.294. The van der Waals surface area contributed by atoms with E-state index in [0.29, 0.717) is 5.92 Å². The van der Waals surface area contributed by atoms with Crippen LogP contribution in [0.15, 0.2) is 18.5 Å². The molecule has 5 heteroatoms. The van der Waals surface area contributed by atoms with Gasteiger partial charge < -0.3 is 10.2 Å². The molecular weight excluding hydrogens is 250 g/mol. The molecule has 108 valence electrons. The van der Waals surface area contributed by atoms with Gasteiger partial charge >= 0.3 is 0 Å². The minimum atomic E-state index is 0.632. The molecule has 3 rings (SSSR count). The molecule has 1 N–H and O–H groups in total. The van der Waals surface area contributed by atoms with E-state index in [0.717, 1.165) is 18.0 Å². The quantitative estimate of drug-likeness (QED) is 0.907. The molecule has 0 saturated carbocycles. The number of hydrogen-bond acceptors (Lipinski definition) is 4. The molecule has 1 saturated heterocycles. The number of aromatic nitrogens is 3. The molecule has 0 aromatic carbocycles. The van der Waals surface area contributed by atoms with Crippen molar-refractivity contribution < 1.29 is 0 Å². The molecule has 0 radical (unpaired) electrons. The largest absolute Gasteiger partial charge is 0.370 e. The second kappa shape index (κ2) is 5.79. The van der Waals surface area contributed by atoms with Gasteiger partial charge in [0.15, 0.2) is 5.65 Å². The summed E-state index contributed by atoms with van der Waals surface area (Å²) in [5.74, 6) is 1.66. The summed E-state index contributed by atoms with van der Waals surface area (Å²) >= 11 is 0. The Bertz CT molecular complexity index is 571. The second-order valence-corrected chi connectivity index (χ2v) is 5.94. The zero-order valence-corrected chi connectivity index (χ0v) is 12.3. The number of rotatable bonds is 5. The Balaban J connectivity index is 1.62. The molecule has 1 aliphatic rings. The van der Waals surface area contributed by atoms with Crippen molar-refractivity contribution >= 4 is 11.5 Å². The number of fused-ring (bicyclic) bond motifs is 1. The van der Waals surface area contributed by atoms with Crippen molar-refractivity contribution in [3.8, 4) is 0 Å². The summed E-state index contributed by atoms with van der Waals surface area (Å²) in [6, 6.07) is 4.18. The number of likely N-dealkylation sites (tertiary alicyclic amines) is 1. The van der Waals surface area contributed by atoms with Crippen molar-refractivity contribution in [2.75, 3.05) is 31.5 Å². The monoisotopic (exact) mass is 273 g/mol. The lowest BCUT2D eigenvalue weighted by Crippen LogP contribution is -2.29. The highest BCUT2D eigenvalue weighted by Crippen LogP contribution is 2.15. The molecule has 1 unspecified atom stereocenters. The van der Waals surface area contributed by atoms with E-state index in [2.05, 4.69) is 40.2 Å². The van der Waals surface area contributed by atoms with E-state index in [1.807, 2.05) is 10.6 Å². The summed E-state index contributed by atoms with van der Waals surface area (Å²) in [5.41, 5.74) is 2.11. The molecule has 0 spiro atoms. The van der Waals surface area contributed by atoms with Crippen molar-refractivity contribution in [2.24, 2.45) is 5.92 Å². The first kappa shape index (κ1) is 13.4. The normalized spacial score (nSPS) is 17.7. The Morgan fingerprint density at radius 2 is 2.10 bits per heavy atom. The molecule has 3 heterocycles. The molecule has 0 bridgehead atoms. The minimum absolute atomic E-state index is 0.632. The van der Waals surface area contributed by atoms with Gasteiger partial charge in [0, 0.05) is 13.1 Å². The first-order valence-corrected chi connectivity index (χ1v) is 7.49. The predicted molar refractivity (Wildman–Crippen MR) is 81.1 cm³/mol. The Labute approximate surface area is 120 Å².